The normalized spacial score (nSPS) is 18.1. The van der Waals surface area contributed by atoms with E-state index in [9.17, 15) is 4.79 Å². The predicted molar refractivity (Wildman–Crippen MR) is 100 cm³/mol. The zero-order valence-corrected chi connectivity index (χ0v) is 15.1. The number of halogens is 1. The van der Waals surface area contributed by atoms with Crippen LogP contribution >= 0.6 is 11.6 Å². The van der Waals surface area contributed by atoms with Crippen molar-refractivity contribution in [3.8, 4) is 11.5 Å². The number of rotatable bonds is 5. The number of Topliss-reactive ketones (excluding diaryl/α,β-unsaturated/α-hetero) is 1. The average Bonchev–Trinajstić information content (AvgIpc) is 3.34. The van der Waals surface area contributed by atoms with Gasteiger partial charge in [0, 0.05) is 29.2 Å². The molecule has 0 saturated carbocycles. The summed E-state index contributed by atoms with van der Waals surface area (Å²) in [5.41, 5.74) is 1.60. The number of hydrogen-bond donors (Lipinski definition) is 1. The summed E-state index contributed by atoms with van der Waals surface area (Å²) in [5.74, 6) is 1.90. The number of benzene rings is 1. The number of nitrogens with one attached hydrogen (secondary N) is 1. The third-order valence-electron chi connectivity index (χ3n) is 4.81. The molecule has 1 N–H and O–H groups in total. The molecule has 1 fully saturated rings. The van der Waals surface area contributed by atoms with E-state index in [0.717, 1.165) is 48.7 Å². The molecule has 0 aliphatic carbocycles. The lowest BCUT2D eigenvalue weighted by Gasteiger charge is -2.31. The summed E-state index contributed by atoms with van der Waals surface area (Å²) >= 11 is 5.92. The van der Waals surface area contributed by atoms with Crippen LogP contribution in [0, 0.1) is 5.92 Å². The van der Waals surface area contributed by atoms with Crippen molar-refractivity contribution in [2.45, 2.75) is 19.4 Å². The highest BCUT2D eigenvalue weighted by Gasteiger charge is 2.27. The van der Waals surface area contributed by atoms with Crippen molar-refractivity contribution in [3.05, 3.63) is 65.0 Å². The molecule has 0 spiro atoms. The standard InChI is InChI=1S/C20H20ClN3O2/c21-16-5-3-14(4-6-16)20(25)15-2-1-11-24(12-15)13-17-7-8-19(26-17)18-9-10-22-23-18/h3-10,15H,1-2,11-13H2,(H,22,23)/t15-/m0/s1. The first-order chi connectivity index (χ1) is 12.7. The Balaban J connectivity index is 1.40. The first kappa shape index (κ1) is 17.1. The fourth-order valence-electron chi connectivity index (χ4n) is 3.48. The molecule has 1 atom stereocenters. The Kier molecular flexibility index (Phi) is 4.91. The van der Waals surface area contributed by atoms with Crippen LogP contribution in [0.5, 0.6) is 0 Å². The number of hydrogen-bond acceptors (Lipinski definition) is 4. The molecule has 5 nitrogen and oxygen atoms in total. The summed E-state index contributed by atoms with van der Waals surface area (Å²) < 4.78 is 5.91. The van der Waals surface area contributed by atoms with E-state index < -0.39 is 0 Å². The topological polar surface area (TPSA) is 62.1 Å². The largest absolute Gasteiger partial charge is 0.458 e. The third kappa shape index (κ3) is 3.74. The highest BCUT2D eigenvalue weighted by Crippen LogP contribution is 2.25. The molecule has 0 bridgehead atoms. The molecule has 1 aliphatic heterocycles. The van der Waals surface area contributed by atoms with Crippen LogP contribution in [0.4, 0.5) is 0 Å². The summed E-state index contributed by atoms with van der Waals surface area (Å²) in [7, 11) is 0. The molecule has 134 valence electrons. The molecule has 3 aromatic rings. The number of H-pyrrole nitrogens is 1. The van der Waals surface area contributed by atoms with Crippen molar-refractivity contribution >= 4 is 17.4 Å². The van der Waals surface area contributed by atoms with E-state index in [2.05, 4.69) is 15.1 Å². The molecular weight excluding hydrogens is 350 g/mol. The summed E-state index contributed by atoms with van der Waals surface area (Å²) in [6, 6.07) is 13.0. The van der Waals surface area contributed by atoms with E-state index in [1.807, 2.05) is 30.3 Å². The minimum atomic E-state index is 0.0203. The smallest absolute Gasteiger partial charge is 0.167 e. The maximum atomic E-state index is 12.8. The van der Waals surface area contributed by atoms with Crippen LogP contribution in [-0.4, -0.2) is 34.0 Å². The Hall–Kier alpha value is -2.37. The van der Waals surface area contributed by atoms with E-state index in [-0.39, 0.29) is 11.7 Å². The van der Waals surface area contributed by atoms with Crippen LogP contribution in [-0.2, 0) is 6.54 Å². The molecule has 6 heteroatoms. The minimum absolute atomic E-state index is 0.0203. The predicted octanol–water partition coefficient (Wildman–Crippen LogP) is 4.42. The van der Waals surface area contributed by atoms with Gasteiger partial charge in [0.1, 0.15) is 11.5 Å². The lowest BCUT2D eigenvalue weighted by molar-refractivity contribution is 0.0803. The monoisotopic (exact) mass is 369 g/mol. The number of ketones is 1. The molecule has 0 amide bonds. The third-order valence-corrected chi connectivity index (χ3v) is 5.06. The molecule has 4 rings (SSSR count). The molecule has 2 aromatic heterocycles. The van der Waals surface area contributed by atoms with Crippen LogP contribution in [0.2, 0.25) is 5.02 Å². The first-order valence-electron chi connectivity index (χ1n) is 8.79. The lowest BCUT2D eigenvalue weighted by Crippen LogP contribution is -2.38. The number of carbonyl (C=O) groups is 1. The van der Waals surface area contributed by atoms with Crippen molar-refractivity contribution in [2.75, 3.05) is 13.1 Å². The van der Waals surface area contributed by atoms with E-state index in [1.54, 1.807) is 18.3 Å². The zero-order chi connectivity index (χ0) is 17.9. The Morgan fingerprint density at radius 3 is 2.85 bits per heavy atom. The van der Waals surface area contributed by atoms with Crippen molar-refractivity contribution in [1.82, 2.24) is 15.1 Å². The van der Waals surface area contributed by atoms with Crippen LogP contribution in [0.3, 0.4) is 0 Å². The Bertz CT molecular complexity index is 871. The van der Waals surface area contributed by atoms with Crippen molar-refractivity contribution < 1.29 is 9.21 Å². The van der Waals surface area contributed by atoms with Gasteiger partial charge in [-0.15, -0.1) is 0 Å². The van der Waals surface area contributed by atoms with E-state index in [4.69, 9.17) is 16.0 Å². The highest BCUT2D eigenvalue weighted by atomic mass is 35.5. The van der Waals surface area contributed by atoms with Crippen molar-refractivity contribution in [1.29, 1.82) is 0 Å². The maximum absolute atomic E-state index is 12.8. The highest BCUT2D eigenvalue weighted by molar-refractivity contribution is 6.30. The number of carbonyl (C=O) groups excluding carboxylic acids is 1. The molecule has 26 heavy (non-hydrogen) atoms. The Morgan fingerprint density at radius 2 is 2.08 bits per heavy atom. The molecule has 3 heterocycles. The van der Waals surface area contributed by atoms with E-state index >= 15 is 0 Å². The Labute approximate surface area is 157 Å². The van der Waals surface area contributed by atoms with Gasteiger partial charge >= 0.3 is 0 Å². The summed E-state index contributed by atoms with van der Waals surface area (Å²) in [4.78, 5) is 15.1. The summed E-state index contributed by atoms with van der Waals surface area (Å²) in [6.45, 7) is 2.44. The molecule has 1 aromatic carbocycles. The molecule has 1 aliphatic rings. The van der Waals surface area contributed by atoms with Crippen molar-refractivity contribution in [3.63, 3.8) is 0 Å². The van der Waals surface area contributed by atoms with Crippen LogP contribution in [0.1, 0.15) is 29.0 Å². The number of piperidine rings is 1. The van der Waals surface area contributed by atoms with Crippen molar-refractivity contribution in [2.24, 2.45) is 5.92 Å². The van der Waals surface area contributed by atoms with Crippen LogP contribution < -0.4 is 0 Å². The fourth-order valence-corrected chi connectivity index (χ4v) is 3.61. The summed E-state index contributed by atoms with van der Waals surface area (Å²) in [6.07, 6.45) is 3.64. The second kappa shape index (κ2) is 7.48. The van der Waals surface area contributed by atoms with Crippen LogP contribution in [0.15, 0.2) is 53.1 Å². The molecule has 0 unspecified atom stereocenters. The van der Waals surface area contributed by atoms with Gasteiger partial charge in [0.15, 0.2) is 11.5 Å². The number of furan rings is 1. The number of aromatic amines is 1. The minimum Gasteiger partial charge on any atom is -0.458 e. The Morgan fingerprint density at radius 1 is 1.23 bits per heavy atom. The van der Waals surface area contributed by atoms with Gasteiger partial charge in [-0.25, -0.2) is 0 Å². The fraction of sp³-hybridized carbons (Fsp3) is 0.300. The van der Waals surface area contributed by atoms with Gasteiger partial charge in [-0.05, 0) is 61.9 Å². The number of likely N-dealkylation sites (tertiary alicyclic amines) is 1. The SMILES string of the molecule is O=C(c1ccc(Cl)cc1)[C@H]1CCCN(Cc2ccc(-c3ccn[nH]3)o2)C1. The van der Waals surface area contributed by atoms with Gasteiger partial charge in [-0.2, -0.15) is 5.10 Å². The van der Waals surface area contributed by atoms with E-state index in [1.165, 1.54) is 0 Å². The van der Waals surface area contributed by atoms with Gasteiger partial charge < -0.3 is 4.42 Å². The second-order valence-electron chi connectivity index (χ2n) is 6.68. The second-order valence-corrected chi connectivity index (χ2v) is 7.12. The zero-order valence-electron chi connectivity index (χ0n) is 14.3. The molecule has 0 radical (unpaired) electrons. The molecule has 1 saturated heterocycles. The first-order valence-corrected chi connectivity index (χ1v) is 9.17. The number of aromatic nitrogens is 2. The lowest BCUT2D eigenvalue weighted by atomic mass is 9.90. The number of nitrogens with zero attached hydrogens (tertiary/aromatic N) is 2. The maximum Gasteiger partial charge on any atom is 0.167 e. The van der Waals surface area contributed by atoms with E-state index in [0.29, 0.717) is 11.6 Å². The van der Waals surface area contributed by atoms with Gasteiger partial charge in [0.25, 0.3) is 0 Å². The van der Waals surface area contributed by atoms with Gasteiger partial charge in [0.05, 0.1) is 6.54 Å². The van der Waals surface area contributed by atoms with Gasteiger partial charge in [-0.1, -0.05) is 11.6 Å². The van der Waals surface area contributed by atoms with Gasteiger partial charge in [-0.3, -0.25) is 14.8 Å². The van der Waals surface area contributed by atoms with Crippen LogP contribution in [0.25, 0.3) is 11.5 Å². The average molecular weight is 370 g/mol. The van der Waals surface area contributed by atoms with Gasteiger partial charge in [0.2, 0.25) is 0 Å². The summed E-state index contributed by atoms with van der Waals surface area (Å²) in [5, 5.41) is 7.50. The quantitative estimate of drug-likeness (QED) is 0.676. The molecular formula is C20H20ClN3O2.